The van der Waals surface area contributed by atoms with Crippen LogP contribution in [0, 0.1) is 0 Å². The molecular formula is C14H19N3O3. The third-order valence-corrected chi connectivity index (χ3v) is 3.97. The largest absolute Gasteiger partial charge is 0.417 e. The first-order valence-electron chi connectivity index (χ1n) is 6.99. The van der Waals surface area contributed by atoms with E-state index < -0.39 is 5.76 Å². The molecule has 108 valence electrons. The fraction of sp³-hybridized carbons (Fsp3) is 0.500. The Labute approximate surface area is 116 Å². The van der Waals surface area contributed by atoms with Gasteiger partial charge in [0.1, 0.15) is 0 Å². The molecule has 1 atom stereocenters. The lowest BCUT2D eigenvalue weighted by molar-refractivity contribution is 0.255. The van der Waals surface area contributed by atoms with Gasteiger partial charge in [0.25, 0.3) is 0 Å². The van der Waals surface area contributed by atoms with Gasteiger partial charge < -0.3 is 20.2 Å². The van der Waals surface area contributed by atoms with E-state index in [4.69, 9.17) is 10.2 Å². The molecule has 2 aromatic rings. The molecule has 3 rings (SSSR count). The zero-order valence-electron chi connectivity index (χ0n) is 11.3. The van der Waals surface area contributed by atoms with E-state index in [2.05, 4.69) is 9.88 Å². The van der Waals surface area contributed by atoms with E-state index in [1.165, 1.54) is 0 Å². The molecule has 0 aliphatic carbocycles. The van der Waals surface area contributed by atoms with Crippen LogP contribution in [0.25, 0.3) is 11.1 Å². The number of nitrogens with zero attached hydrogens (tertiary/aromatic N) is 1. The third kappa shape index (κ3) is 2.27. The van der Waals surface area contributed by atoms with Gasteiger partial charge in [-0.15, -0.1) is 0 Å². The van der Waals surface area contributed by atoms with Crippen LogP contribution in [0.1, 0.15) is 25.7 Å². The van der Waals surface area contributed by atoms with Gasteiger partial charge in [0.2, 0.25) is 0 Å². The summed E-state index contributed by atoms with van der Waals surface area (Å²) in [6, 6.07) is 3.58. The standard InChI is InChI=1S/C14H19N3O3/c15-10-6-13-11(16-14(19)20-13)7-12(10)17-5-3-1-2-4-9(17)8-18/h6-7,9,18H,1-5,8,15H2,(H,16,19). The summed E-state index contributed by atoms with van der Waals surface area (Å²) >= 11 is 0. The highest BCUT2D eigenvalue weighted by Crippen LogP contribution is 2.32. The zero-order chi connectivity index (χ0) is 14.1. The van der Waals surface area contributed by atoms with Crippen LogP contribution in [0.15, 0.2) is 21.3 Å². The van der Waals surface area contributed by atoms with Crippen LogP contribution >= 0.6 is 0 Å². The summed E-state index contributed by atoms with van der Waals surface area (Å²) in [4.78, 5) is 16.0. The molecule has 1 aromatic carbocycles. The highest BCUT2D eigenvalue weighted by atomic mass is 16.4. The SMILES string of the molecule is Nc1cc2oc(=O)[nH]c2cc1N1CCCCCC1CO. The molecule has 1 aromatic heterocycles. The van der Waals surface area contributed by atoms with Crippen LogP contribution in [-0.4, -0.2) is 29.3 Å². The van der Waals surface area contributed by atoms with Gasteiger partial charge >= 0.3 is 5.76 Å². The van der Waals surface area contributed by atoms with E-state index in [9.17, 15) is 9.90 Å². The first kappa shape index (κ1) is 13.1. The van der Waals surface area contributed by atoms with Gasteiger partial charge in [0.05, 0.1) is 29.5 Å². The highest BCUT2D eigenvalue weighted by Gasteiger charge is 2.23. The molecule has 1 unspecified atom stereocenters. The molecule has 1 aliphatic heterocycles. The van der Waals surface area contributed by atoms with Crippen molar-refractivity contribution in [1.82, 2.24) is 4.98 Å². The number of aromatic amines is 1. The second-order valence-electron chi connectivity index (χ2n) is 5.30. The van der Waals surface area contributed by atoms with Crippen molar-refractivity contribution < 1.29 is 9.52 Å². The fourth-order valence-corrected chi connectivity index (χ4v) is 2.93. The van der Waals surface area contributed by atoms with Crippen LogP contribution in [0.5, 0.6) is 0 Å². The molecule has 1 aliphatic rings. The predicted molar refractivity (Wildman–Crippen MR) is 77.9 cm³/mol. The Morgan fingerprint density at radius 3 is 3.05 bits per heavy atom. The second kappa shape index (κ2) is 5.20. The minimum absolute atomic E-state index is 0.0795. The van der Waals surface area contributed by atoms with Gasteiger partial charge in [0, 0.05) is 12.6 Å². The molecule has 4 N–H and O–H groups in total. The molecule has 6 heteroatoms. The number of benzene rings is 1. The lowest BCUT2D eigenvalue weighted by Crippen LogP contribution is -2.38. The molecule has 2 heterocycles. The van der Waals surface area contributed by atoms with E-state index in [0.717, 1.165) is 37.9 Å². The second-order valence-corrected chi connectivity index (χ2v) is 5.30. The molecule has 0 bridgehead atoms. The van der Waals surface area contributed by atoms with Gasteiger partial charge in [-0.25, -0.2) is 4.79 Å². The van der Waals surface area contributed by atoms with Gasteiger partial charge in [-0.1, -0.05) is 12.8 Å². The summed E-state index contributed by atoms with van der Waals surface area (Å²) in [5, 5.41) is 9.60. The van der Waals surface area contributed by atoms with Gasteiger partial charge in [-0.2, -0.15) is 0 Å². The lowest BCUT2D eigenvalue weighted by Gasteiger charge is -2.31. The van der Waals surface area contributed by atoms with Crippen LogP contribution in [0.4, 0.5) is 11.4 Å². The van der Waals surface area contributed by atoms with Gasteiger partial charge in [0.15, 0.2) is 5.58 Å². The number of hydrogen-bond donors (Lipinski definition) is 3. The Bertz CT molecular complexity index is 661. The monoisotopic (exact) mass is 277 g/mol. The lowest BCUT2D eigenvalue weighted by atomic mass is 10.1. The van der Waals surface area contributed by atoms with Gasteiger partial charge in [-0.3, -0.25) is 4.98 Å². The number of nitrogen functional groups attached to an aromatic ring is 1. The van der Waals surface area contributed by atoms with Gasteiger partial charge in [-0.05, 0) is 18.9 Å². The number of nitrogens with one attached hydrogen (secondary N) is 1. The van der Waals surface area contributed by atoms with Crippen LogP contribution in [0.3, 0.4) is 0 Å². The average Bonchev–Trinajstić information content (AvgIpc) is 2.64. The minimum Gasteiger partial charge on any atom is -0.408 e. The summed E-state index contributed by atoms with van der Waals surface area (Å²) < 4.78 is 5.01. The maximum Gasteiger partial charge on any atom is 0.417 e. The van der Waals surface area contributed by atoms with Crippen molar-refractivity contribution in [1.29, 1.82) is 0 Å². The maximum atomic E-state index is 11.2. The number of aliphatic hydroxyl groups is 1. The van der Waals surface area contributed by atoms with Crippen molar-refractivity contribution in [2.24, 2.45) is 0 Å². The van der Waals surface area contributed by atoms with Crippen molar-refractivity contribution >= 4 is 22.5 Å². The Kier molecular flexibility index (Phi) is 3.40. The number of nitrogens with two attached hydrogens (primary N) is 1. The number of aromatic nitrogens is 1. The van der Waals surface area contributed by atoms with E-state index in [0.29, 0.717) is 16.8 Å². The number of rotatable bonds is 2. The van der Waals surface area contributed by atoms with Crippen LogP contribution in [-0.2, 0) is 0 Å². The zero-order valence-corrected chi connectivity index (χ0v) is 11.3. The molecular weight excluding hydrogens is 258 g/mol. The summed E-state index contributed by atoms with van der Waals surface area (Å²) in [5.74, 6) is -0.480. The first-order chi connectivity index (χ1) is 9.69. The summed E-state index contributed by atoms with van der Waals surface area (Å²) in [6.45, 7) is 0.975. The Morgan fingerprint density at radius 1 is 1.40 bits per heavy atom. The summed E-state index contributed by atoms with van der Waals surface area (Å²) in [7, 11) is 0. The highest BCUT2D eigenvalue weighted by molar-refractivity contribution is 5.85. The van der Waals surface area contributed by atoms with E-state index in [-0.39, 0.29) is 12.6 Å². The molecule has 0 amide bonds. The summed E-state index contributed by atoms with van der Waals surface area (Å²) in [6.07, 6.45) is 4.32. The smallest absolute Gasteiger partial charge is 0.408 e. The molecule has 6 nitrogen and oxygen atoms in total. The van der Waals surface area contributed by atoms with Crippen molar-refractivity contribution in [3.8, 4) is 0 Å². The fourth-order valence-electron chi connectivity index (χ4n) is 2.93. The predicted octanol–water partition coefficient (Wildman–Crippen LogP) is 1.44. The number of H-pyrrole nitrogens is 1. The van der Waals surface area contributed by atoms with E-state index >= 15 is 0 Å². The molecule has 0 saturated carbocycles. The van der Waals surface area contributed by atoms with E-state index in [1.54, 1.807) is 6.07 Å². The van der Waals surface area contributed by atoms with Crippen molar-refractivity contribution in [3.05, 3.63) is 22.7 Å². The Hall–Kier alpha value is -1.95. The average molecular weight is 277 g/mol. The topological polar surface area (TPSA) is 95.5 Å². The normalized spacial score (nSPS) is 20.2. The maximum absolute atomic E-state index is 11.2. The number of oxazole rings is 1. The summed E-state index contributed by atoms with van der Waals surface area (Å²) in [5.41, 5.74) is 8.63. The molecule has 0 radical (unpaired) electrons. The molecule has 20 heavy (non-hydrogen) atoms. The molecule has 0 spiro atoms. The minimum atomic E-state index is -0.480. The van der Waals surface area contributed by atoms with Crippen molar-refractivity contribution in [2.45, 2.75) is 31.7 Å². The molecule has 1 fully saturated rings. The van der Waals surface area contributed by atoms with E-state index in [1.807, 2.05) is 6.07 Å². The third-order valence-electron chi connectivity index (χ3n) is 3.97. The Balaban J connectivity index is 2.06. The van der Waals surface area contributed by atoms with Crippen LogP contribution in [0.2, 0.25) is 0 Å². The quantitative estimate of drug-likeness (QED) is 0.722. The number of fused-ring (bicyclic) bond motifs is 1. The van der Waals surface area contributed by atoms with Crippen LogP contribution < -0.4 is 16.4 Å². The van der Waals surface area contributed by atoms with Crippen molar-refractivity contribution in [2.75, 3.05) is 23.8 Å². The molecule has 1 saturated heterocycles. The first-order valence-corrected chi connectivity index (χ1v) is 6.99. The number of hydrogen-bond acceptors (Lipinski definition) is 5. The number of anilines is 2. The Morgan fingerprint density at radius 2 is 2.25 bits per heavy atom. The number of aliphatic hydroxyl groups excluding tert-OH is 1. The van der Waals surface area contributed by atoms with Crippen molar-refractivity contribution in [3.63, 3.8) is 0 Å².